The Morgan fingerprint density at radius 3 is 1.94 bits per heavy atom. The van der Waals surface area contributed by atoms with Gasteiger partial charge >= 0.3 is 0 Å². The van der Waals surface area contributed by atoms with E-state index in [2.05, 4.69) is 4.90 Å². The molecule has 0 aromatic heterocycles. The molecule has 0 radical (unpaired) electrons. The van der Waals surface area contributed by atoms with E-state index in [1.54, 1.807) is 45.6 Å². The number of carbonyl (C=O) groups excluding carboxylic acids is 2. The number of methoxy groups -OCH3 is 3. The van der Waals surface area contributed by atoms with E-state index in [1.807, 2.05) is 9.80 Å². The van der Waals surface area contributed by atoms with Crippen molar-refractivity contribution in [1.82, 2.24) is 14.7 Å². The van der Waals surface area contributed by atoms with E-state index >= 15 is 0 Å². The van der Waals surface area contributed by atoms with Gasteiger partial charge in [-0.05, 0) is 36.6 Å². The normalized spacial score (nSPS) is 16.2. The number of nitrogens with zero attached hydrogens (tertiary/aromatic N) is 3. The molecule has 0 spiro atoms. The van der Waals surface area contributed by atoms with Crippen molar-refractivity contribution >= 4 is 24.4 Å². The van der Waals surface area contributed by atoms with E-state index in [9.17, 15) is 9.59 Å². The average Bonchev–Trinajstić information content (AvgIpc) is 3.38. The second kappa shape index (κ2) is 13.3. The molecule has 1 N–H and O–H groups in total. The van der Waals surface area contributed by atoms with Crippen molar-refractivity contribution in [1.29, 1.82) is 0 Å². The highest BCUT2D eigenvalue weighted by Crippen LogP contribution is 2.38. The summed E-state index contributed by atoms with van der Waals surface area (Å²) in [5, 5.41) is 6.89. The molecule has 2 aliphatic rings. The van der Waals surface area contributed by atoms with Crippen LogP contribution in [0.15, 0.2) is 18.2 Å². The fourth-order valence-electron chi connectivity index (χ4n) is 3.85. The maximum atomic E-state index is 12.6. The number of hydrogen-bond donors (Lipinski definition) is 1. The van der Waals surface area contributed by atoms with Crippen molar-refractivity contribution in [2.45, 2.75) is 12.8 Å². The molecule has 0 saturated carbocycles. The third-order valence-corrected chi connectivity index (χ3v) is 5.61. The van der Waals surface area contributed by atoms with Crippen molar-refractivity contribution in [2.75, 3.05) is 67.1 Å². The summed E-state index contributed by atoms with van der Waals surface area (Å²) >= 11 is 0. The Balaban J connectivity index is 0.00000122. The molecule has 1 aromatic carbocycles. The number of piperazine rings is 1. The molecule has 2 saturated heterocycles. The maximum absolute atomic E-state index is 12.6. The van der Waals surface area contributed by atoms with Crippen LogP contribution in [0.2, 0.25) is 0 Å². The van der Waals surface area contributed by atoms with Gasteiger partial charge in [0.2, 0.25) is 17.6 Å². The molecule has 10 nitrogen and oxygen atoms in total. The van der Waals surface area contributed by atoms with Gasteiger partial charge in [-0.1, -0.05) is 0 Å². The molecule has 0 unspecified atom stereocenters. The van der Waals surface area contributed by atoms with Crippen LogP contribution in [0, 0.1) is 0 Å². The van der Waals surface area contributed by atoms with Gasteiger partial charge in [-0.25, -0.2) is 0 Å². The fraction of sp³-hybridized carbons (Fsp3) is 0.522. The van der Waals surface area contributed by atoms with Gasteiger partial charge in [0.15, 0.2) is 11.5 Å². The summed E-state index contributed by atoms with van der Waals surface area (Å²) in [5.41, 5.74) is 0.785. The second-order valence-corrected chi connectivity index (χ2v) is 7.59. The molecule has 182 valence electrons. The second-order valence-electron chi connectivity index (χ2n) is 7.59. The molecule has 10 heteroatoms. The van der Waals surface area contributed by atoms with Crippen molar-refractivity contribution in [3.63, 3.8) is 0 Å². The van der Waals surface area contributed by atoms with E-state index in [4.69, 9.17) is 24.1 Å². The zero-order valence-electron chi connectivity index (χ0n) is 19.5. The van der Waals surface area contributed by atoms with E-state index in [0.717, 1.165) is 31.5 Å². The Morgan fingerprint density at radius 1 is 0.909 bits per heavy atom. The minimum Gasteiger partial charge on any atom is -0.493 e. The molecule has 33 heavy (non-hydrogen) atoms. The van der Waals surface area contributed by atoms with Crippen LogP contribution in [0.5, 0.6) is 17.2 Å². The van der Waals surface area contributed by atoms with Crippen molar-refractivity contribution in [2.24, 2.45) is 0 Å². The number of carbonyl (C=O) groups is 3. The SMILES string of the molecule is COc1cc(/C=C/C(=O)N2CCN(CC(=O)N3CCCC3)CC2)cc(OC)c1OC.O=CO. The van der Waals surface area contributed by atoms with Crippen LogP contribution < -0.4 is 14.2 Å². The zero-order chi connectivity index (χ0) is 24.2. The molecule has 3 rings (SSSR count). The summed E-state index contributed by atoms with van der Waals surface area (Å²) in [7, 11) is 4.67. The van der Waals surface area contributed by atoms with E-state index < -0.39 is 0 Å². The lowest BCUT2D eigenvalue weighted by Crippen LogP contribution is -2.51. The molecular weight excluding hydrogens is 430 g/mol. The first-order chi connectivity index (χ1) is 16.0. The lowest BCUT2D eigenvalue weighted by molar-refractivity contribution is -0.132. The number of carboxylic acid groups (broad SMARTS) is 1. The third-order valence-electron chi connectivity index (χ3n) is 5.61. The predicted octanol–water partition coefficient (Wildman–Crippen LogP) is 1.19. The standard InChI is InChI=1S/C22H31N3O5.CH2O2/c1-28-18-14-17(15-19(29-2)22(18)30-3)6-7-20(26)25-12-10-23(11-13-25)16-21(27)24-8-4-5-9-24;2-1-3/h6-7,14-15H,4-5,8-13,16H2,1-3H3;1H,(H,2,3)/b7-6+;. The highest BCUT2D eigenvalue weighted by atomic mass is 16.5. The summed E-state index contributed by atoms with van der Waals surface area (Å²) in [6.07, 6.45) is 5.51. The largest absolute Gasteiger partial charge is 0.493 e. The first-order valence-corrected chi connectivity index (χ1v) is 10.8. The van der Waals surface area contributed by atoms with Gasteiger partial charge in [0.25, 0.3) is 6.47 Å². The van der Waals surface area contributed by atoms with Crippen LogP contribution in [0.3, 0.4) is 0 Å². The number of benzene rings is 1. The molecule has 2 aliphatic heterocycles. The first-order valence-electron chi connectivity index (χ1n) is 10.8. The van der Waals surface area contributed by atoms with E-state index in [-0.39, 0.29) is 18.3 Å². The van der Waals surface area contributed by atoms with Gasteiger partial charge in [-0.2, -0.15) is 0 Å². The molecule has 0 atom stereocenters. The molecule has 2 amide bonds. The summed E-state index contributed by atoms with van der Waals surface area (Å²) < 4.78 is 16.0. The Labute approximate surface area is 194 Å². The van der Waals surface area contributed by atoms with Gasteiger partial charge in [0, 0.05) is 45.3 Å². The molecule has 1 aromatic rings. The number of ether oxygens (including phenoxy) is 3. The zero-order valence-corrected chi connectivity index (χ0v) is 19.5. The van der Waals surface area contributed by atoms with Crippen LogP contribution in [0.4, 0.5) is 0 Å². The molecular formula is C23H33N3O7. The highest BCUT2D eigenvalue weighted by molar-refractivity contribution is 5.92. The highest BCUT2D eigenvalue weighted by Gasteiger charge is 2.24. The summed E-state index contributed by atoms with van der Waals surface area (Å²) in [5.74, 6) is 1.76. The van der Waals surface area contributed by atoms with Crippen LogP contribution in [-0.2, 0) is 14.4 Å². The smallest absolute Gasteiger partial charge is 0.290 e. The van der Waals surface area contributed by atoms with Gasteiger partial charge < -0.3 is 29.1 Å². The van der Waals surface area contributed by atoms with Crippen molar-refractivity contribution < 1.29 is 33.7 Å². The van der Waals surface area contributed by atoms with Crippen LogP contribution in [-0.4, -0.2) is 105 Å². The molecule has 0 aliphatic carbocycles. The number of rotatable bonds is 7. The Morgan fingerprint density at radius 2 is 1.45 bits per heavy atom. The Bertz CT molecular complexity index is 804. The molecule has 2 heterocycles. The minimum absolute atomic E-state index is 0.0470. The van der Waals surface area contributed by atoms with Crippen LogP contribution in [0.1, 0.15) is 18.4 Å². The maximum Gasteiger partial charge on any atom is 0.290 e. The topological polar surface area (TPSA) is 109 Å². The quantitative estimate of drug-likeness (QED) is 0.475. The van der Waals surface area contributed by atoms with E-state index in [0.29, 0.717) is 50.0 Å². The van der Waals surface area contributed by atoms with Crippen LogP contribution in [0.25, 0.3) is 6.08 Å². The lowest BCUT2D eigenvalue weighted by Gasteiger charge is -2.34. The first kappa shape index (κ1) is 26.0. The number of amides is 2. The fourth-order valence-corrected chi connectivity index (χ4v) is 3.85. The summed E-state index contributed by atoms with van der Waals surface area (Å²) in [4.78, 5) is 39.1. The predicted molar refractivity (Wildman–Crippen MR) is 123 cm³/mol. The molecule has 0 bridgehead atoms. The number of likely N-dealkylation sites (tertiary alicyclic amines) is 1. The summed E-state index contributed by atoms with van der Waals surface area (Å²) in [6, 6.07) is 3.60. The third kappa shape index (κ3) is 7.38. The van der Waals surface area contributed by atoms with Gasteiger partial charge in [-0.3, -0.25) is 19.3 Å². The Kier molecular flexibility index (Phi) is 10.5. The summed E-state index contributed by atoms with van der Waals surface area (Å²) in [6.45, 7) is 4.61. The van der Waals surface area contributed by atoms with E-state index in [1.165, 1.54) is 0 Å². The monoisotopic (exact) mass is 463 g/mol. The lowest BCUT2D eigenvalue weighted by atomic mass is 10.1. The average molecular weight is 464 g/mol. The van der Waals surface area contributed by atoms with Crippen LogP contribution >= 0.6 is 0 Å². The van der Waals surface area contributed by atoms with Crippen molar-refractivity contribution in [3.8, 4) is 17.2 Å². The van der Waals surface area contributed by atoms with Gasteiger partial charge in [-0.15, -0.1) is 0 Å². The van der Waals surface area contributed by atoms with Gasteiger partial charge in [0.05, 0.1) is 27.9 Å². The van der Waals surface area contributed by atoms with Gasteiger partial charge in [0.1, 0.15) is 0 Å². The molecule has 2 fully saturated rings. The number of hydrogen-bond acceptors (Lipinski definition) is 7. The van der Waals surface area contributed by atoms with Crippen molar-refractivity contribution in [3.05, 3.63) is 23.8 Å². The Hall–Kier alpha value is -3.27. The minimum atomic E-state index is -0.250.